The van der Waals surface area contributed by atoms with E-state index in [9.17, 15) is 9.36 Å². The molecule has 2 aromatic carbocycles. The largest absolute Gasteiger partial charge is 0.313 e. The number of benzene rings is 2. The summed E-state index contributed by atoms with van der Waals surface area (Å²) in [6.07, 6.45) is 9.24. The van der Waals surface area contributed by atoms with Crippen molar-refractivity contribution in [2.24, 2.45) is 0 Å². The minimum absolute atomic E-state index is 0.0951. The van der Waals surface area contributed by atoms with Gasteiger partial charge in [-0.1, -0.05) is 111 Å². The number of ketones is 1. The first-order chi connectivity index (χ1) is 14.0. The summed E-state index contributed by atoms with van der Waals surface area (Å²) < 4.78 is 14.6. The van der Waals surface area contributed by atoms with Gasteiger partial charge in [0.15, 0.2) is 7.14 Å². The summed E-state index contributed by atoms with van der Waals surface area (Å²) >= 11 is 0. The van der Waals surface area contributed by atoms with Crippen LogP contribution in [0.3, 0.4) is 0 Å². The van der Waals surface area contributed by atoms with Crippen molar-refractivity contribution < 1.29 is 9.36 Å². The molecule has 0 aliphatic heterocycles. The molecule has 2 rings (SSSR count). The lowest BCUT2D eigenvalue weighted by molar-refractivity contribution is -0.118. The van der Waals surface area contributed by atoms with Gasteiger partial charge in [0.1, 0.15) is 5.78 Å². The highest BCUT2D eigenvalue weighted by Crippen LogP contribution is 2.50. The molecule has 2 nitrogen and oxygen atoms in total. The average Bonchev–Trinajstić information content (AvgIpc) is 2.75. The molecule has 0 saturated carbocycles. The first kappa shape index (κ1) is 23.4. The van der Waals surface area contributed by atoms with Crippen molar-refractivity contribution in [3.05, 3.63) is 72.3 Å². The summed E-state index contributed by atoms with van der Waals surface area (Å²) in [6.45, 7) is 6.16. The molecule has 1 unspecified atom stereocenters. The molecule has 0 aliphatic carbocycles. The number of unbranched alkanes of at least 4 members (excludes halogenated alkanes) is 5. The molecule has 0 amide bonds. The molecule has 0 saturated heterocycles. The van der Waals surface area contributed by atoms with E-state index in [1.54, 1.807) is 0 Å². The Morgan fingerprint density at radius 3 is 1.79 bits per heavy atom. The molecule has 0 bridgehead atoms. The van der Waals surface area contributed by atoms with E-state index >= 15 is 0 Å². The van der Waals surface area contributed by atoms with Gasteiger partial charge in [-0.2, -0.15) is 0 Å². The van der Waals surface area contributed by atoms with Gasteiger partial charge in [-0.3, -0.25) is 4.79 Å². The number of hydrogen-bond donors (Lipinski definition) is 0. The van der Waals surface area contributed by atoms with E-state index in [0.717, 1.165) is 29.0 Å². The molecule has 2 aromatic rings. The van der Waals surface area contributed by atoms with E-state index < -0.39 is 12.8 Å². The van der Waals surface area contributed by atoms with Crippen LogP contribution in [0, 0.1) is 0 Å². The molecular formula is C26H35O2P. The Morgan fingerprint density at radius 2 is 1.31 bits per heavy atom. The van der Waals surface area contributed by atoms with Crippen LogP contribution in [0.4, 0.5) is 0 Å². The van der Waals surface area contributed by atoms with Gasteiger partial charge in [0.25, 0.3) is 0 Å². The highest BCUT2D eigenvalue weighted by Gasteiger charge is 2.39. The Hall–Kier alpha value is -1.92. The Morgan fingerprint density at radius 1 is 0.828 bits per heavy atom. The van der Waals surface area contributed by atoms with Crippen LogP contribution >= 0.6 is 7.14 Å². The van der Waals surface area contributed by atoms with Crippen molar-refractivity contribution in [2.75, 3.05) is 0 Å². The highest BCUT2D eigenvalue weighted by molar-refractivity contribution is 7.80. The Kier molecular flexibility index (Phi) is 9.61. The molecule has 0 fully saturated rings. The molecule has 0 spiro atoms. The molecular weight excluding hydrogens is 375 g/mol. The van der Waals surface area contributed by atoms with Gasteiger partial charge in [0.05, 0.1) is 5.66 Å². The van der Waals surface area contributed by atoms with Crippen molar-refractivity contribution in [1.82, 2.24) is 0 Å². The fourth-order valence-electron chi connectivity index (χ4n) is 3.71. The van der Waals surface area contributed by atoms with Gasteiger partial charge in [0, 0.05) is 17.0 Å². The van der Waals surface area contributed by atoms with Crippen LogP contribution in [0.1, 0.15) is 65.7 Å². The SMILES string of the molecule is CCCCCCCCC(=O)C(C=C(C)C)P(=O)(c1ccccc1)c1ccccc1. The molecule has 0 aromatic heterocycles. The summed E-state index contributed by atoms with van der Waals surface area (Å²) in [7, 11) is -3.14. The van der Waals surface area contributed by atoms with E-state index in [1.807, 2.05) is 80.6 Å². The number of Topliss-reactive ketones (excluding diaryl/α,β-unsaturated/α-hetero) is 1. The first-order valence-corrected chi connectivity index (χ1v) is 12.7. The zero-order chi connectivity index (χ0) is 21.1. The second-order valence-corrected chi connectivity index (χ2v) is 10.9. The Bertz CT molecular complexity index is 777. The lowest BCUT2D eigenvalue weighted by Gasteiger charge is -2.26. The van der Waals surface area contributed by atoms with Crippen LogP contribution in [-0.4, -0.2) is 11.4 Å². The molecule has 0 radical (unpaired) electrons. The summed E-state index contributed by atoms with van der Waals surface area (Å²) in [4.78, 5) is 13.3. The maximum Gasteiger partial charge on any atom is 0.156 e. The van der Waals surface area contributed by atoms with E-state index in [0.29, 0.717) is 6.42 Å². The molecule has 0 aliphatic rings. The predicted molar refractivity (Wildman–Crippen MR) is 126 cm³/mol. The van der Waals surface area contributed by atoms with Crippen LogP contribution in [0.15, 0.2) is 72.3 Å². The minimum atomic E-state index is -3.14. The van der Waals surface area contributed by atoms with Crippen molar-refractivity contribution >= 4 is 23.5 Å². The van der Waals surface area contributed by atoms with Crippen molar-refractivity contribution in [3.63, 3.8) is 0 Å². The fraction of sp³-hybridized carbons (Fsp3) is 0.423. The minimum Gasteiger partial charge on any atom is -0.313 e. The van der Waals surface area contributed by atoms with Gasteiger partial charge in [-0.25, -0.2) is 0 Å². The van der Waals surface area contributed by atoms with E-state index in [2.05, 4.69) is 6.92 Å². The van der Waals surface area contributed by atoms with Gasteiger partial charge in [0.2, 0.25) is 0 Å². The topological polar surface area (TPSA) is 34.1 Å². The summed E-state index contributed by atoms with van der Waals surface area (Å²) in [5, 5.41) is 1.51. The first-order valence-electron chi connectivity index (χ1n) is 10.9. The zero-order valence-electron chi connectivity index (χ0n) is 18.1. The Balaban J connectivity index is 2.34. The summed E-state index contributed by atoms with van der Waals surface area (Å²) in [5.41, 5.74) is 0.423. The van der Waals surface area contributed by atoms with Gasteiger partial charge in [-0.15, -0.1) is 0 Å². The number of rotatable bonds is 12. The maximum atomic E-state index is 14.6. The number of carbonyl (C=O) groups is 1. The molecule has 1 atom stereocenters. The molecule has 0 N–H and O–H groups in total. The van der Waals surface area contributed by atoms with Crippen LogP contribution < -0.4 is 10.6 Å². The van der Waals surface area contributed by atoms with E-state index in [-0.39, 0.29) is 5.78 Å². The maximum absolute atomic E-state index is 14.6. The van der Waals surface area contributed by atoms with Gasteiger partial charge in [-0.05, 0) is 20.3 Å². The van der Waals surface area contributed by atoms with Crippen molar-refractivity contribution in [3.8, 4) is 0 Å². The molecule has 3 heteroatoms. The predicted octanol–water partition coefficient (Wildman–Crippen LogP) is 6.66. The smallest absolute Gasteiger partial charge is 0.156 e. The van der Waals surface area contributed by atoms with E-state index in [4.69, 9.17) is 0 Å². The summed E-state index contributed by atoms with van der Waals surface area (Å²) in [6, 6.07) is 19.1. The van der Waals surface area contributed by atoms with Crippen LogP contribution in [0.25, 0.3) is 0 Å². The van der Waals surface area contributed by atoms with Crippen LogP contribution in [0.5, 0.6) is 0 Å². The normalized spacial score (nSPS) is 12.4. The number of hydrogen-bond acceptors (Lipinski definition) is 2. The quantitative estimate of drug-likeness (QED) is 0.223. The second kappa shape index (κ2) is 11.9. The molecule has 29 heavy (non-hydrogen) atoms. The van der Waals surface area contributed by atoms with Gasteiger partial charge >= 0.3 is 0 Å². The Labute approximate surface area is 176 Å². The van der Waals surface area contributed by atoms with E-state index in [1.165, 1.54) is 25.7 Å². The monoisotopic (exact) mass is 410 g/mol. The summed E-state index contributed by atoms with van der Waals surface area (Å²) in [5.74, 6) is 0.0951. The van der Waals surface area contributed by atoms with Crippen LogP contribution in [-0.2, 0) is 9.36 Å². The third kappa shape index (κ3) is 6.54. The van der Waals surface area contributed by atoms with Crippen LogP contribution in [0.2, 0.25) is 0 Å². The molecule has 0 heterocycles. The van der Waals surface area contributed by atoms with Crippen molar-refractivity contribution in [2.45, 2.75) is 71.4 Å². The molecule has 156 valence electrons. The number of carbonyl (C=O) groups excluding carboxylic acids is 1. The third-order valence-electron chi connectivity index (χ3n) is 5.27. The fourth-order valence-corrected chi connectivity index (χ4v) is 6.93. The second-order valence-electron chi connectivity index (χ2n) is 8.00. The highest BCUT2D eigenvalue weighted by atomic mass is 31.2. The lowest BCUT2D eigenvalue weighted by atomic mass is 10.1. The third-order valence-corrected chi connectivity index (χ3v) is 8.62. The van der Waals surface area contributed by atoms with Gasteiger partial charge < -0.3 is 4.57 Å². The standard InChI is InChI=1S/C26H35O2P/c1-4-5-6-7-8-15-20-25(27)26(21-22(2)3)29(28,23-16-11-9-12-17-23)24-18-13-10-14-19-24/h9-14,16-19,21,26H,4-8,15,20H2,1-3H3. The average molecular weight is 411 g/mol. The number of allylic oxidation sites excluding steroid dienone is 2. The lowest BCUT2D eigenvalue weighted by Crippen LogP contribution is -2.30. The van der Waals surface area contributed by atoms with Crippen molar-refractivity contribution in [1.29, 1.82) is 0 Å². The zero-order valence-corrected chi connectivity index (χ0v) is 19.0.